The summed E-state index contributed by atoms with van der Waals surface area (Å²) >= 11 is 0. The Bertz CT molecular complexity index is 936. The fourth-order valence-electron chi connectivity index (χ4n) is 2.66. The molecule has 0 bridgehead atoms. The van der Waals surface area contributed by atoms with Crippen molar-refractivity contribution in [3.8, 4) is 0 Å². The van der Waals surface area contributed by atoms with Gasteiger partial charge in [0.05, 0.1) is 0 Å². The van der Waals surface area contributed by atoms with Gasteiger partial charge in [0, 0.05) is 31.3 Å². The van der Waals surface area contributed by atoms with Gasteiger partial charge in [0.2, 0.25) is 5.89 Å². The molecule has 1 amide bonds. The summed E-state index contributed by atoms with van der Waals surface area (Å²) in [5.41, 5.74) is 0.417. The maximum atomic E-state index is 13.9. The first kappa shape index (κ1) is 15.7. The van der Waals surface area contributed by atoms with Gasteiger partial charge in [-0.2, -0.15) is 4.98 Å². The summed E-state index contributed by atoms with van der Waals surface area (Å²) < 4.78 is 19.1. The molecule has 3 aromatic rings. The number of para-hydroxylation sites is 1. The molecular weight excluding hydrogens is 323 g/mol. The molecule has 1 aromatic carbocycles. The maximum absolute atomic E-state index is 13.9. The number of carbonyl (C=O) groups is 1. The zero-order valence-corrected chi connectivity index (χ0v) is 13.8. The molecular formula is C18H17FN4O2. The Labute approximate surface area is 143 Å². The molecule has 128 valence electrons. The van der Waals surface area contributed by atoms with Crippen molar-refractivity contribution in [3.63, 3.8) is 0 Å². The smallest absolute Gasteiger partial charge is 0.272 e. The monoisotopic (exact) mass is 340 g/mol. The predicted octanol–water partition coefficient (Wildman–Crippen LogP) is 2.95. The second-order valence-corrected chi connectivity index (χ2v) is 6.31. The van der Waals surface area contributed by atoms with Crippen LogP contribution in [-0.4, -0.2) is 39.5 Å². The van der Waals surface area contributed by atoms with Gasteiger partial charge in [0.15, 0.2) is 5.82 Å². The van der Waals surface area contributed by atoms with Gasteiger partial charge in [-0.25, -0.2) is 9.37 Å². The minimum absolute atomic E-state index is 0.203. The van der Waals surface area contributed by atoms with E-state index in [-0.39, 0.29) is 17.1 Å². The van der Waals surface area contributed by atoms with E-state index in [1.54, 1.807) is 31.3 Å². The minimum atomic E-state index is -0.436. The molecule has 7 heteroatoms. The van der Waals surface area contributed by atoms with Crippen LogP contribution in [0.3, 0.4) is 0 Å². The van der Waals surface area contributed by atoms with E-state index in [1.165, 1.54) is 11.0 Å². The molecule has 6 nitrogen and oxygen atoms in total. The number of rotatable bonds is 5. The van der Waals surface area contributed by atoms with E-state index in [2.05, 4.69) is 15.1 Å². The molecule has 1 fully saturated rings. The highest BCUT2D eigenvalue weighted by molar-refractivity contribution is 5.94. The fourth-order valence-corrected chi connectivity index (χ4v) is 2.66. The summed E-state index contributed by atoms with van der Waals surface area (Å²) in [5, 5.41) is 4.61. The van der Waals surface area contributed by atoms with E-state index in [4.69, 9.17) is 4.52 Å². The Morgan fingerprint density at radius 1 is 1.28 bits per heavy atom. The number of hydrogen-bond donors (Lipinski definition) is 0. The number of fused-ring (bicyclic) bond motifs is 1. The lowest BCUT2D eigenvalue weighted by molar-refractivity contribution is 0.0790. The number of likely N-dealkylation sites (N-methyl/N-ethyl adjacent to an activating group) is 1. The SMILES string of the molecule is CN(CCc1noc(C2CC2)n1)C(=O)c1ccc2cccc(F)c2n1. The predicted molar refractivity (Wildman–Crippen MR) is 88.6 cm³/mol. The van der Waals surface area contributed by atoms with Crippen molar-refractivity contribution in [3.05, 3.63) is 53.6 Å². The topological polar surface area (TPSA) is 72.1 Å². The number of hydrogen-bond acceptors (Lipinski definition) is 5. The Hall–Kier alpha value is -2.83. The molecule has 0 radical (unpaired) electrons. The van der Waals surface area contributed by atoms with Crippen LogP contribution in [0.4, 0.5) is 4.39 Å². The highest BCUT2D eigenvalue weighted by Crippen LogP contribution is 2.38. The van der Waals surface area contributed by atoms with Crippen LogP contribution in [0.1, 0.15) is 41.0 Å². The number of amides is 1. The van der Waals surface area contributed by atoms with Crippen molar-refractivity contribution in [2.45, 2.75) is 25.2 Å². The molecule has 0 spiro atoms. The van der Waals surface area contributed by atoms with E-state index < -0.39 is 5.82 Å². The van der Waals surface area contributed by atoms with Crippen molar-refractivity contribution in [2.75, 3.05) is 13.6 Å². The molecule has 2 aromatic heterocycles. The van der Waals surface area contributed by atoms with Crippen molar-refractivity contribution in [1.29, 1.82) is 0 Å². The molecule has 0 atom stereocenters. The first-order valence-electron chi connectivity index (χ1n) is 8.25. The third kappa shape index (κ3) is 3.22. The van der Waals surface area contributed by atoms with E-state index in [9.17, 15) is 9.18 Å². The second-order valence-electron chi connectivity index (χ2n) is 6.31. The van der Waals surface area contributed by atoms with Gasteiger partial charge in [0.1, 0.15) is 17.0 Å². The van der Waals surface area contributed by atoms with Gasteiger partial charge in [-0.1, -0.05) is 23.4 Å². The average Bonchev–Trinajstić information content (AvgIpc) is 3.37. The van der Waals surface area contributed by atoms with Crippen molar-refractivity contribution < 1.29 is 13.7 Å². The third-order valence-corrected chi connectivity index (χ3v) is 4.32. The summed E-state index contributed by atoms with van der Waals surface area (Å²) in [4.78, 5) is 22.6. The number of pyridine rings is 1. The van der Waals surface area contributed by atoms with Gasteiger partial charge < -0.3 is 9.42 Å². The standard InChI is InChI=1S/C18H17FN4O2/c1-23(10-9-15-21-17(25-22-15)12-5-6-12)18(24)14-8-7-11-3-2-4-13(19)16(11)20-14/h2-4,7-8,12H,5-6,9-10H2,1H3. The van der Waals surface area contributed by atoms with Crippen molar-refractivity contribution in [2.24, 2.45) is 0 Å². The summed E-state index contributed by atoms with van der Waals surface area (Å²) in [6.45, 7) is 0.430. The van der Waals surface area contributed by atoms with E-state index >= 15 is 0 Å². The number of benzene rings is 1. The molecule has 1 aliphatic carbocycles. The molecule has 4 rings (SSSR count). The summed E-state index contributed by atoms with van der Waals surface area (Å²) in [6.07, 6.45) is 2.70. The lowest BCUT2D eigenvalue weighted by Crippen LogP contribution is -2.29. The van der Waals surface area contributed by atoms with E-state index in [0.29, 0.717) is 36.0 Å². The number of aromatic nitrogens is 3. The minimum Gasteiger partial charge on any atom is -0.340 e. The normalized spacial score (nSPS) is 14.0. The molecule has 0 unspecified atom stereocenters. The lowest BCUT2D eigenvalue weighted by Gasteiger charge is -2.15. The highest BCUT2D eigenvalue weighted by Gasteiger charge is 2.29. The Morgan fingerprint density at radius 2 is 2.12 bits per heavy atom. The maximum Gasteiger partial charge on any atom is 0.272 e. The van der Waals surface area contributed by atoms with Gasteiger partial charge in [-0.05, 0) is 25.0 Å². The molecule has 25 heavy (non-hydrogen) atoms. The van der Waals surface area contributed by atoms with Gasteiger partial charge in [-0.15, -0.1) is 0 Å². The average molecular weight is 340 g/mol. The molecule has 1 saturated carbocycles. The van der Waals surface area contributed by atoms with E-state index in [1.807, 2.05) is 0 Å². The van der Waals surface area contributed by atoms with Crippen LogP contribution in [0.2, 0.25) is 0 Å². The molecule has 0 saturated heterocycles. The van der Waals surface area contributed by atoms with Crippen LogP contribution in [-0.2, 0) is 6.42 Å². The summed E-state index contributed by atoms with van der Waals surface area (Å²) in [7, 11) is 1.68. The van der Waals surface area contributed by atoms with Crippen LogP contribution >= 0.6 is 0 Å². The van der Waals surface area contributed by atoms with Crippen LogP contribution in [0, 0.1) is 5.82 Å². The number of carbonyl (C=O) groups excluding carboxylic acids is 1. The number of halogens is 1. The summed E-state index contributed by atoms with van der Waals surface area (Å²) in [6, 6.07) is 8.03. The molecule has 0 aliphatic heterocycles. The summed E-state index contributed by atoms with van der Waals surface area (Å²) in [5.74, 6) is 0.997. The van der Waals surface area contributed by atoms with Crippen LogP contribution in [0.5, 0.6) is 0 Å². The van der Waals surface area contributed by atoms with Gasteiger partial charge in [-0.3, -0.25) is 4.79 Å². The zero-order chi connectivity index (χ0) is 17.4. The molecule has 1 aliphatic rings. The molecule has 2 heterocycles. The van der Waals surface area contributed by atoms with Crippen molar-refractivity contribution >= 4 is 16.8 Å². The molecule has 0 N–H and O–H groups in total. The largest absolute Gasteiger partial charge is 0.340 e. The van der Waals surface area contributed by atoms with Crippen molar-refractivity contribution in [1.82, 2.24) is 20.0 Å². The van der Waals surface area contributed by atoms with Gasteiger partial charge >= 0.3 is 0 Å². The van der Waals surface area contributed by atoms with Gasteiger partial charge in [0.25, 0.3) is 5.91 Å². The van der Waals surface area contributed by atoms with Crippen LogP contribution in [0.25, 0.3) is 10.9 Å². The van der Waals surface area contributed by atoms with Crippen LogP contribution in [0.15, 0.2) is 34.9 Å². The first-order valence-corrected chi connectivity index (χ1v) is 8.25. The fraction of sp³-hybridized carbons (Fsp3) is 0.333. The third-order valence-electron chi connectivity index (χ3n) is 4.32. The quantitative estimate of drug-likeness (QED) is 0.714. The number of nitrogens with zero attached hydrogens (tertiary/aromatic N) is 4. The lowest BCUT2D eigenvalue weighted by atomic mass is 10.2. The van der Waals surface area contributed by atoms with Crippen LogP contribution < -0.4 is 0 Å². The highest BCUT2D eigenvalue weighted by atomic mass is 19.1. The Balaban J connectivity index is 1.44. The zero-order valence-electron chi connectivity index (χ0n) is 13.8. The Kier molecular flexibility index (Phi) is 3.91. The van der Waals surface area contributed by atoms with E-state index in [0.717, 1.165) is 12.8 Å². The second kappa shape index (κ2) is 6.23. The first-order chi connectivity index (χ1) is 12.1. The Morgan fingerprint density at radius 3 is 2.92 bits per heavy atom.